The van der Waals surface area contributed by atoms with Gasteiger partial charge in [-0.25, -0.2) is 0 Å². The molecule has 0 aromatic heterocycles. The molecule has 118 valence electrons. The van der Waals surface area contributed by atoms with E-state index in [1.807, 2.05) is 0 Å². The molecule has 2 unspecified atom stereocenters. The molecular formula is C16H32N2O2. The van der Waals surface area contributed by atoms with Crippen molar-refractivity contribution in [3.63, 3.8) is 0 Å². The standard InChI is InChI=1S/C16H32N2O2/c1-4-19-15-12-14(16(15,2)3)18-8-5-11-20-13-6-9-17-10-7-13/h13-15,17-18H,4-12H2,1-3H3. The van der Waals surface area contributed by atoms with Crippen LogP contribution in [-0.2, 0) is 9.47 Å². The van der Waals surface area contributed by atoms with Gasteiger partial charge in [0.2, 0.25) is 0 Å². The van der Waals surface area contributed by atoms with Gasteiger partial charge in [0.15, 0.2) is 0 Å². The van der Waals surface area contributed by atoms with E-state index < -0.39 is 0 Å². The van der Waals surface area contributed by atoms with Crippen LogP contribution in [-0.4, -0.2) is 51.1 Å². The molecule has 2 N–H and O–H groups in total. The molecule has 2 fully saturated rings. The summed E-state index contributed by atoms with van der Waals surface area (Å²) in [6, 6.07) is 0.595. The Morgan fingerprint density at radius 1 is 1.20 bits per heavy atom. The van der Waals surface area contributed by atoms with E-state index in [2.05, 4.69) is 31.4 Å². The summed E-state index contributed by atoms with van der Waals surface area (Å²) in [5, 5.41) is 7.03. The van der Waals surface area contributed by atoms with E-state index in [1.54, 1.807) is 0 Å². The van der Waals surface area contributed by atoms with Crippen LogP contribution in [0.15, 0.2) is 0 Å². The molecule has 1 saturated carbocycles. The molecule has 1 heterocycles. The number of nitrogens with one attached hydrogen (secondary N) is 2. The maximum atomic E-state index is 5.92. The third kappa shape index (κ3) is 4.17. The fourth-order valence-electron chi connectivity index (χ4n) is 3.28. The highest BCUT2D eigenvalue weighted by Gasteiger charge is 2.48. The molecule has 0 amide bonds. The second-order valence-corrected chi connectivity index (χ2v) is 6.68. The van der Waals surface area contributed by atoms with Gasteiger partial charge in [-0.1, -0.05) is 13.8 Å². The summed E-state index contributed by atoms with van der Waals surface area (Å²) < 4.78 is 11.7. The van der Waals surface area contributed by atoms with Crippen molar-refractivity contribution >= 4 is 0 Å². The molecule has 2 atom stereocenters. The van der Waals surface area contributed by atoms with Crippen LogP contribution in [0.25, 0.3) is 0 Å². The Morgan fingerprint density at radius 2 is 1.95 bits per heavy atom. The predicted octanol–water partition coefficient (Wildman–Crippen LogP) is 1.94. The number of hydrogen-bond donors (Lipinski definition) is 2. The van der Waals surface area contributed by atoms with E-state index in [0.717, 1.165) is 45.7 Å². The molecule has 2 rings (SSSR count). The molecule has 4 nitrogen and oxygen atoms in total. The van der Waals surface area contributed by atoms with Gasteiger partial charge in [-0.15, -0.1) is 0 Å². The van der Waals surface area contributed by atoms with E-state index >= 15 is 0 Å². The molecule has 0 aromatic carbocycles. The summed E-state index contributed by atoms with van der Waals surface area (Å²) in [5.74, 6) is 0. The zero-order valence-corrected chi connectivity index (χ0v) is 13.4. The van der Waals surface area contributed by atoms with Gasteiger partial charge in [-0.05, 0) is 52.2 Å². The third-order valence-corrected chi connectivity index (χ3v) is 4.90. The van der Waals surface area contributed by atoms with Crippen molar-refractivity contribution in [2.75, 3.05) is 32.8 Å². The zero-order valence-electron chi connectivity index (χ0n) is 13.4. The van der Waals surface area contributed by atoms with E-state index in [4.69, 9.17) is 9.47 Å². The molecular weight excluding hydrogens is 252 g/mol. The van der Waals surface area contributed by atoms with Crippen molar-refractivity contribution in [3.8, 4) is 0 Å². The Bertz CT molecular complexity index is 278. The van der Waals surface area contributed by atoms with Gasteiger partial charge in [0.1, 0.15) is 0 Å². The fraction of sp³-hybridized carbons (Fsp3) is 1.00. The van der Waals surface area contributed by atoms with Crippen LogP contribution in [0.4, 0.5) is 0 Å². The lowest BCUT2D eigenvalue weighted by molar-refractivity contribution is -0.114. The minimum atomic E-state index is 0.270. The third-order valence-electron chi connectivity index (χ3n) is 4.90. The lowest BCUT2D eigenvalue weighted by Crippen LogP contribution is -2.61. The SMILES string of the molecule is CCOC1CC(NCCCOC2CCNCC2)C1(C)C. The number of ether oxygens (including phenoxy) is 2. The lowest BCUT2D eigenvalue weighted by Gasteiger charge is -2.52. The Balaban J connectivity index is 1.51. The summed E-state index contributed by atoms with van der Waals surface area (Å²) in [6.45, 7) is 11.7. The maximum Gasteiger partial charge on any atom is 0.0655 e. The molecule has 0 bridgehead atoms. The molecule has 1 saturated heterocycles. The first-order chi connectivity index (χ1) is 9.64. The Hall–Kier alpha value is -0.160. The van der Waals surface area contributed by atoms with E-state index in [0.29, 0.717) is 18.2 Å². The van der Waals surface area contributed by atoms with Crippen molar-refractivity contribution in [3.05, 3.63) is 0 Å². The molecule has 4 heteroatoms. The molecule has 2 aliphatic rings. The quantitative estimate of drug-likeness (QED) is 0.669. The Morgan fingerprint density at radius 3 is 2.60 bits per heavy atom. The van der Waals surface area contributed by atoms with Gasteiger partial charge in [0.25, 0.3) is 0 Å². The average molecular weight is 284 g/mol. The van der Waals surface area contributed by atoms with Crippen LogP contribution in [0.5, 0.6) is 0 Å². The zero-order chi connectivity index (χ0) is 14.4. The monoisotopic (exact) mass is 284 g/mol. The maximum absolute atomic E-state index is 5.92. The Kier molecular flexibility index (Phi) is 6.27. The summed E-state index contributed by atoms with van der Waals surface area (Å²) in [4.78, 5) is 0. The van der Waals surface area contributed by atoms with E-state index in [1.165, 1.54) is 12.8 Å². The summed E-state index contributed by atoms with van der Waals surface area (Å²) in [6.07, 6.45) is 5.50. The molecule has 1 aliphatic carbocycles. The molecule has 20 heavy (non-hydrogen) atoms. The summed E-state index contributed by atoms with van der Waals surface area (Å²) >= 11 is 0. The fourth-order valence-corrected chi connectivity index (χ4v) is 3.28. The average Bonchev–Trinajstić information content (AvgIpc) is 2.46. The van der Waals surface area contributed by atoms with Gasteiger partial charge < -0.3 is 20.1 Å². The lowest BCUT2D eigenvalue weighted by atomic mass is 9.64. The first kappa shape index (κ1) is 16.2. The Labute approximate surface area is 124 Å². The van der Waals surface area contributed by atoms with Crippen molar-refractivity contribution in [1.29, 1.82) is 0 Å². The first-order valence-corrected chi connectivity index (χ1v) is 8.32. The van der Waals surface area contributed by atoms with Crippen LogP contribution in [0, 0.1) is 5.41 Å². The smallest absolute Gasteiger partial charge is 0.0655 e. The highest BCUT2D eigenvalue weighted by Crippen LogP contribution is 2.42. The van der Waals surface area contributed by atoms with Crippen molar-refractivity contribution in [1.82, 2.24) is 10.6 Å². The summed E-state index contributed by atoms with van der Waals surface area (Å²) in [7, 11) is 0. The molecule has 0 aromatic rings. The highest BCUT2D eigenvalue weighted by atomic mass is 16.5. The number of rotatable bonds is 8. The van der Waals surface area contributed by atoms with Gasteiger partial charge in [-0.3, -0.25) is 0 Å². The summed E-state index contributed by atoms with van der Waals surface area (Å²) in [5.41, 5.74) is 0.270. The second-order valence-electron chi connectivity index (χ2n) is 6.68. The van der Waals surface area contributed by atoms with Crippen molar-refractivity contribution in [2.24, 2.45) is 5.41 Å². The van der Waals surface area contributed by atoms with Crippen LogP contribution in [0.1, 0.15) is 46.5 Å². The largest absolute Gasteiger partial charge is 0.378 e. The van der Waals surface area contributed by atoms with Gasteiger partial charge >= 0.3 is 0 Å². The van der Waals surface area contributed by atoms with Crippen molar-refractivity contribution in [2.45, 2.75) is 64.7 Å². The predicted molar refractivity (Wildman–Crippen MR) is 82.1 cm³/mol. The minimum absolute atomic E-state index is 0.270. The van der Waals surface area contributed by atoms with Gasteiger partial charge in [0.05, 0.1) is 12.2 Å². The minimum Gasteiger partial charge on any atom is -0.378 e. The number of hydrogen-bond acceptors (Lipinski definition) is 4. The van der Waals surface area contributed by atoms with Crippen LogP contribution in [0.2, 0.25) is 0 Å². The topological polar surface area (TPSA) is 42.5 Å². The van der Waals surface area contributed by atoms with Crippen LogP contribution >= 0.6 is 0 Å². The molecule has 0 spiro atoms. The second kappa shape index (κ2) is 7.74. The highest BCUT2D eigenvalue weighted by molar-refractivity contribution is 5.02. The molecule has 0 radical (unpaired) electrons. The van der Waals surface area contributed by atoms with Gasteiger partial charge in [0, 0.05) is 24.7 Å². The molecule has 1 aliphatic heterocycles. The van der Waals surface area contributed by atoms with E-state index in [-0.39, 0.29) is 5.41 Å². The first-order valence-electron chi connectivity index (χ1n) is 8.32. The van der Waals surface area contributed by atoms with Crippen LogP contribution < -0.4 is 10.6 Å². The normalized spacial score (nSPS) is 30.1. The van der Waals surface area contributed by atoms with E-state index in [9.17, 15) is 0 Å². The van der Waals surface area contributed by atoms with Crippen LogP contribution in [0.3, 0.4) is 0 Å². The van der Waals surface area contributed by atoms with Crippen molar-refractivity contribution < 1.29 is 9.47 Å². The number of piperidine rings is 1. The van der Waals surface area contributed by atoms with Gasteiger partial charge in [-0.2, -0.15) is 0 Å².